The van der Waals surface area contributed by atoms with E-state index in [4.69, 9.17) is 5.26 Å². The van der Waals surface area contributed by atoms with Crippen LogP contribution in [-0.4, -0.2) is 4.98 Å². The Morgan fingerprint density at radius 1 is 1.18 bits per heavy atom. The fourth-order valence-corrected chi connectivity index (χ4v) is 1.91. The first-order valence-electron chi connectivity index (χ1n) is 5.67. The molecule has 0 aliphatic heterocycles. The average molecular weight is 222 g/mol. The Bertz CT molecular complexity index is 565. The summed E-state index contributed by atoms with van der Waals surface area (Å²) >= 11 is 0. The largest absolute Gasteiger partial charge is 0.263 e. The summed E-state index contributed by atoms with van der Waals surface area (Å²) < 4.78 is 0. The van der Waals surface area contributed by atoms with Gasteiger partial charge in [0.05, 0.1) is 5.56 Å². The van der Waals surface area contributed by atoms with Gasteiger partial charge in [-0.15, -0.1) is 0 Å². The van der Waals surface area contributed by atoms with E-state index in [2.05, 4.69) is 37.0 Å². The Morgan fingerprint density at radius 2 is 1.94 bits per heavy atom. The highest BCUT2D eigenvalue weighted by molar-refractivity contribution is 5.68. The van der Waals surface area contributed by atoms with Crippen LogP contribution in [0.2, 0.25) is 0 Å². The molecule has 0 amide bonds. The molecule has 1 aromatic heterocycles. The van der Waals surface area contributed by atoms with Crippen LogP contribution in [0.1, 0.15) is 30.9 Å². The maximum absolute atomic E-state index is 8.90. The fraction of sp³-hybridized carbons (Fsp3) is 0.200. The van der Waals surface area contributed by atoms with Gasteiger partial charge in [0.1, 0.15) is 6.07 Å². The topological polar surface area (TPSA) is 36.7 Å². The van der Waals surface area contributed by atoms with Crippen LogP contribution < -0.4 is 0 Å². The molecule has 1 heterocycles. The Kier molecular flexibility index (Phi) is 3.20. The van der Waals surface area contributed by atoms with Gasteiger partial charge in [-0.2, -0.15) is 5.26 Å². The van der Waals surface area contributed by atoms with Gasteiger partial charge in [0, 0.05) is 18.0 Å². The van der Waals surface area contributed by atoms with Crippen LogP contribution in [0.4, 0.5) is 0 Å². The molecule has 0 saturated heterocycles. The molecule has 0 radical (unpaired) electrons. The molecule has 0 spiro atoms. The lowest BCUT2D eigenvalue weighted by Gasteiger charge is -2.12. The lowest BCUT2D eigenvalue weighted by molar-refractivity contribution is 0.869. The monoisotopic (exact) mass is 222 g/mol. The van der Waals surface area contributed by atoms with Gasteiger partial charge in [-0.25, -0.2) is 0 Å². The van der Waals surface area contributed by atoms with E-state index in [1.807, 2.05) is 24.4 Å². The minimum Gasteiger partial charge on any atom is -0.263 e. The molecule has 0 unspecified atom stereocenters. The summed E-state index contributed by atoms with van der Waals surface area (Å²) in [6, 6.07) is 12.3. The molecule has 0 fully saturated rings. The van der Waals surface area contributed by atoms with Crippen LogP contribution in [0.3, 0.4) is 0 Å². The molecule has 2 aromatic rings. The highest BCUT2D eigenvalue weighted by atomic mass is 14.6. The standard InChI is InChI=1S/C15H14N2/c1-11(2)14-5-3-4-6-15(14)13-7-12(8-16)9-17-10-13/h3-7,9-11H,1-2H3. The molecule has 0 aliphatic rings. The molecular weight excluding hydrogens is 208 g/mol. The SMILES string of the molecule is CC(C)c1ccccc1-c1cncc(C#N)c1. The van der Waals surface area contributed by atoms with Crippen LogP contribution in [0.15, 0.2) is 42.7 Å². The van der Waals surface area contributed by atoms with Gasteiger partial charge in [0.25, 0.3) is 0 Å². The first-order valence-corrected chi connectivity index (χ1v) is 5.67. The zero-order valence-corrected chi connectivity index (χ0v) is 10.0. The first-order chi connectivity index (χ1) is 8.22. The van der Waals surface area contributed by atoms with Crippen molar-refractivity contribution in [3.05, 3.63) is 53.9 Å². The molecule has 17 heavy (non-hydrogen) atoms. The Labute approximate surface area is 102 Å². The van der Waals surface area contributed by atoms with Gasteiger partial charge >= 0.3 is 0 Å². The predicted octanol–water partition coefficient (Wildman–Crippen LogP) is 3.74. The summed E-state index contributed by atoms with van der Waals surface area (Å²) in [5.41, 5.74) is 4.05. The summed E-state index contributed by atoms with van der Waals surface area (Å²) in [5, 5.41) is 8.90. The van der Waals surface area contributed by atoms with E-state index >= 15 is 0 Å². The first kappa shape index (κ1) is 11.3. The maximum Gasteiger partial charge on any atom is 0.101 e. The van der Waals surface area contributed by atoms with E-state index in [0.717, 1.165) is 11.1 Å². The zero-order valence-electron chi connectivity index (χ0n) is 10.0. The van der Waals surface area contributed by atoms with E-state index in [1.54, 1.807) is 6.20 Å². The van der Waals surface area contributed by atoms with Gasteiger partial charge in [0.2, 0.25) is 0 Å². The summed E-state index contributed by atoms with van der Waals surface area (Å²) in [7, 11) is 0. The third-order valence-corrected chi connectivity index (χ3v) is 2.76. The molecule has 0 saturated carbocycles. The molecule has 84 valence electrons. The average Bonchev–Trinajstić information content (AvgIpc) is 2.39. The van der Waals surface area contributed by atoms with Gasteiger partial charge in [-0.3, -0.25) is 4.98 Å². The molecule has 1 aromatic carbocycles. The number of hydrogen-bond donors (Lipinski definition) is 0. The van der Waals surface area contributed by atoms with Crippen molar-refractivity contribution < 1.29 is 0 Å². The molecule has 0 aliphatic carbocycles. The minimum absolute atomic E-state index is 0.456. The summed E-state index contributed by atoms with van der Waals surface area (Å²) in [5.74, 6) is 0.456. The van der Waals surface area contributed by atoms with E-state index in [1.165, 1.54) is 5.56 Å². The Hall–Kier alpha value is -2.14. The third-order valence-electron chi connectivity index (χ3n) is 2.76. The quantitative estimate of drug-likeness (QED) is 0.776. The highest BCUT2D eigenvalue weighted by Crippen LogP contribution is 2.28. The van der Waals surface area contributed by atoms with E-state index in [9.17, 15) is 0 Å². The molecule has 0 bridgehead atoms. The normalized spacial score (nSPS) is 10.2. The lowest BCUT2D eigenvalue weighted by atomic mass is 9.93. The van der Waals surface area contributed by atoms with Crippen LogP contribution >= 0.6 is 0 Å². The predicted molar refractivity (Wildman–Crippen MR) is 68.5 cm³/mol. The van der Waals surface area contributed by atoms with Crippen LogP contribution in [0.25, 0.3) is 11.1 Å². The number of nitrogens with zero attached hydrogens (tertiary/aromatic N) is 2. The van der Waals surface area contributed by atoms with Gasteiger partial charge in [0.15, 0.2) is 0 Å². The van der Waals surface area contributed by atoms with Crippen LogP contribution in [-0.2, 0) is 0 Å². The third kappa shape index (κ3) is 2.34. The zero-order chi connectivity index (χ0) is 12.3. The van der Waals surface area contributed by atoms with Crippen molar-refractivity contribution >= 4 is 0 Å². The minimum atomic E-state index is 0.456. The second-order valence-electron chi connectivity index (χ2n) is 4.32. The lowest BCUT2D eigenvalue weighted by Crippen LogP contribution is -1.92. The molecule has 0 atom stereocenters. The van der Waals surface area contributed by atoms with Gasteiger partial charge in [-0.05, 0) is 23.1 Å². The summed E-state index contributed by atoms with van der Waals surface area (Å²) in [6.07, 6.45) is 3.39. The van der Waals surface area contributed by atoms with Crippen LogP contribution in [0, 0.1) is 11.3 Å². The van der Waals surface area contributed by atoms with Crippen molar-refractivity contribution in [1.29, 1.82) is 5.26 Å². The molecule has 2 heteroatoms. The van der Waals surface area contributed by atoms with E-state index in [-0.39, 0.29) is 0 Å². The maximum atomic E-state index is 8.90. The number of benzene rings is 1. The van der Waals surface area contributed by atoms with Crippen molar-refractivity contribution in [2.45, 2.75) is 19.8 Å². The highest BCUT2D eigenvalue weighted by Gasteiger charge is 2.08. The van der Waals surface area contributed by atoms with E-state index < -0.39 is 0 Å². The van der Waals surface area contributed by atoms with Gasteiger partial charge < -0.3 is 0 Å². The Balaban J connectivity index is 2.57. The number of aromatic nitrogens is 1. The fourth-order valence-electron chi connectivity index (χ4n) is 1.91. The summed E-state index contributed by atoms with van der Waals surface area (Å²) in [6.45, 7) is 4.33. The second-order valence-corrected chi connectivity index (χ2v) is 4.32. The number of pyridine rings is 1. The molecule has 0 N–H and O–H groups in total. The smallest absolute Gasteiger partial charge is 0.101 e. The van der Waals surface area contributed by atoms with Gasteiger partial charge in [-0.1, -0.05) is 38.1 Å². The van der Waals surface area contributed by atoms with Crippen molar-refractivity contribution in [1.82, 2.24) is 4.98 Å². The number of hydrogen-bond acceptors (Lipinski definition) is 2. The van der Waals surface area contributed by atoms with Crippen molar-refractivity contribution in [3.63, 3.8) is 0 Å². The van der Waals surface area contributed by atoms with Crippen molar-refractivity contribution in [3.8, 4) is 17.2 Å². The number of nitriles is 1. The molecule has 2 rings (SSSR count). The number of rotatable bonds is 2. The van der Waals surface area contributed by atoms with Crippen molar-refractivity contribution in [2.24, 2.45) is 0 Å². The molecule has 2 nitrogen and oxygen atoms in total. The molecular formula is C15H14N2. The van der Waals surface area contributed by atoms with Crippen molar-refractivity contribution in [2.75, 3.05) is 0 Å². The summed E-state index contributed by atoms with van der Waals surface area (Å²) in [4.78, 5) is 4.11. The second kappa shape index (κ2) is 4.80. The van der Waals surface area contributed by atoms with E-state index in [0.29, 0.717) is 11.5 Å². The Morgan fingerprint density at radius 3 is 2.65 bits per heavy atom. The van der Waals surface area contributed by atoms with Crippen LogP contribution in [0.5, 0.6) is 0 Å².